The standard InChI is InChI=1S/C18H19N3O/c1-2-13-8-17-4-3-15(11-21(17)10-13)18(22)19-16-7-14-5-6-20(9-14)12-16/h1,3-4,8,10-11,14,16H,5-7,9,12H2,(H,19,22)/t14?,16-/m1/s1. The van der Waals surface area contributed by atoms with Crippen LogP contribution in [-0.2, 0) is 0 Å². The van der Waals surface area contributed by atoms with Crippen LogP contribution in [0, 0.1) is 18.3 Å². The van der Waals surface area contributed by atoms with Gasteiger partial charge in [0.25, 0.3) is 5.91 Å². The van der Waals surface area contributed by atoms with E-state index in [1.165, 1.54) is 19.5 Å². The Bertz CT molecular complexity index is 758. The fourth-order valence-corrected chi connectivity index (χ4v) is 3.76. The Hall–Kier alpha value is -2.25. The van der Waals surface area contributed by atoms with Crippen LogP contribution in [0.15, 0.2) is 30.6 Å². The summed E-state index contributed by atoms with van der Waals surface area (Å²) in [5.41, 5.74) is 2.51. The molecular formula is C18H19N3O. The van der Waals surface area contributed by atoms with E-state index in [0.29, 0.717) is 5.56 Å². The Morgan fingerprint density at radius 2 is 2.23 bits per heavy atom. The van der Waals surface area contributed by atoms with E-state index in [-0.39, 0.29) is 11.9 Å². The highest BCUT2D eigenvalue weighted by Gasteiger charge is 2.32. The number of piperidine rings is 1. The quantitative estimate of drug-likeness (QED) is 0.856. The van der Waals surface area contributed by atoms with E-state index in [9.17, 15) is 4.79 Å². The Kier molecular flexibility index (Phi) is 3.16. The smallest absolute Gasteiger partial charge is 0.253 e. The highest BCUT2D eigenvalue weighted by Crippen LogP contribution is 2.26. The van der Waals surface area contributed by atoms with Gasteiger partial charge in [-0.15, -0.1) is 6.42 Å². The zero-order valence-corrected chi connectivity index (χ0v) is 12.5. The van der Waals surface area contributed by atoms with Crippen LogP contribution in [0.3, 0.4) is 0 Å². The van der Waals surface area contributed by atoms with Crippen molar-refractivity contribution >= 4 is 11.4 Å². The maximum Gasteiger partial charge on any atom is 0.253 e. The number of carbonyl (C=O) groups excluding carboxylic acids is 1. The lowest BCUT2D eigenvalue weighted by atomic mass is 9.96. The summed E-state index contributed by atoms with van der Waals surface area (Å²) >= 11 is 0. The summed E-state index contributed by atoms with van der Waals surface area (Å²) in [6, 6.07) is 6.01. The largest absolute Gasteiger partial charge is 0.348 e. The number of amides is 1. The lowest BCUT2D eigenvalue weighted by molar-refractivity contribution is 0.0909. The first kappa shape index (κ1) is 13.4. The van der Waals surface area contributed by atoms with Crippen molar-refractivity contribution in [3.63, 3.8) is 0 Å². The number of hydrogen-bond donors (Lipinski definition) is 1. The number of fused-ring (bicyclic) bond motifs is 3. The van der Waals surface area contributed by atoms with Gasteiger partial charge in [-0.25, -0.2) is 0 Å². The van der Waals surface area contributed by atoms with Gasteiger partial charge in [0.05, 0.1) is 5.56 Å². The second-order valence-corrected chi connectivity index (χ2v) is 6.44. The van der Waals surface area contributed by atoms with Crippen molar-refractivity contribution in [3.8, 4) is 12.3 Å². The maximum absolute atomic E-state index is 12.5. The third-order valence-electron chi connectivity index (χ3n) is 4.82. The molecule has 0 aromatic carbocycles. The van der Waals surface area contributed by atoms with Crippen LogP contribution in [0.5, 0.6) is 0 Å². The molecule has 4 heterocycles. The monoisotopic (exact) mass is 293 g/mol. The van der Waals surface area contributed by atoms with Crippen molar-refractivity contribution in [3.05, 3.63) is 41.7 Å². The molecular weight excluding hydrogens is 274 g/mol. The molecule has 4 nitrogen and oxygen atoms in total. The van der Waals surface area contributed by atoms with Crippen LogP contribution in [0.2, 0.25) is 0 Å². The molecule has 0 spiro atoms. The van der Waals surface area contributed by atoms with Gasteiger partial charge in [-0.1, -0.05) is 5.92 Å². The molecule has 4 heteroatoms. The van der Waals surface area contributed by atoms with Crippen LogP contribution >= 0.6 is 0 Å². The second-order valence-electron chi connectivity index (χ2n) is 6.44. The van der Waals surface area contributed by atoms with Crippen molar-refractivity contribution in [1.29, 1.82) is 0 Å². The van der Waals surface area contributed by atoms with Crippen molar-refractivity contribution in [1.82, 2.24) is 14.6 Å². The van der Waals surface area contributed by atoms with E-state index in [1.807, 2.05) is 35.0 Å². The average molecular weight is 293 g/mol. The molecule has 2 unspecified atom stereocenters. The summed E-state index contributed by atoms with van der Waals surface area (Å²) in [5, 5.41) is 3.19. The highest BCUT2D eigenvalue weighted by atomic mass is 16.1. The number of rotatable bonds is 2. The van der Waals surface area contributed by atoms with E-state index in [2.05, 4.69) is 16.1 Å². The molecule has 4 rings (SSSR count). The molecule has 2 fully saturated rings. The molecule has 2 aliphatic rings. The molecule has 2 saturated heterocycles. The van der Waals surface area contributed by atoms with Crippen molar-refractivity contribution in [2.75, 3.05) is 19.6 Å². The topological polar surface area (TPSA) is 36.8 Å². The van der Waals surface area contributed by atoms with Crippen LogP contribution in [0.4, 0.5) is 0 Å². The van der Waals surface area contributed by atoms with Crippen molar-refractivity contribution in [2.24, 2.45) is 5.92 Å². The molecule has 112 valence electrons. The van der Waals surface area contributed by atoms with Gasteiger partial charge in [0, 0.05) is 42.6 Å². The van der Waals surface area contributed by atoms with Crippen molar-refractivity contribution in [2.45, 2.75) is 18.9 Å². The number of carbonyl (C=O) groups is 1. The SMILES string of the molecule is C#Cc1cc2ccc(C(=O)N[C@@H]3CC4CCN(C4)C3)cn2c1. The van der Waals surface area contributed by atoms with E-state index in [0.717, 1.165) is 30.0 Å². The van der Waals surface area contributed by atoms with Gasteiger partial charge in [0.1, 0.15) is 0 Å². The number of hydrogen-bond acceptors (Lipinski definition) is 2. The van der Waals surface area contributed by atoms with Crippen LogP contribution in [0.1, 0.15) is 28.8 Å². The van der Waals surface area contributed by atoms with E-state index in [1.54, 1.807) is 0 Å². The number of nitrogens with one attached hydrogen (secondary N) is 1. The summed E-state index contributed by atoms with van der Waals surface area (Å²) in [5.74, 6) is 3.38. The Morgan fingerprint density at radius 3 is 3.05 bits per heavy atom. The predicted molar refractivity (Wildman–Crippen MR) is 85.8 cm³/mol. The molecule has 2 aliphatic heterocycles. The Labute approximate surface area is 130 Å². The zero-order valence-electron chi connectivity index (χ0n) is 12.5. The minimum Gasteiger partial charge on any atom is -0.348 e. The van der Waals surface area contributed by atoms with Crippen LogP contribution < -0.4 is 5.32 Å². The first-order valence-electron chi connectivity index (χ1n) is 7.83. The van der Waals surface area contributed by atoms with Crippen LogP contribution in [-0.4, -0.2) is 40.9 Å². The summed E-state index contributed by atoms with van der Waals surface area (Å²) in [7, 11) is 0. The minimum atomic E-state index is 0.00496. The number of nitrogens with zero attached hydrogens (tertiary/aromatic N) is 2. The second kappa shape index (κ2) is 5.19. The minimum absolute atomic E-state index is 0.00496. The number of terminal acetylenes is 1. The first-order chi connectivity index (χ1) is 10.7. The summed E-state index contributed by atoms with van der Waals surface area (Å²) in [6.07, 6.45) is 11.5. The first-order valence-corrected chi connectivity index (χ1v) is 7.83. The summed E-state index contributed by atoms with van der Waals surface area (Å²) in [6.45, 7) is 3.37. The van der Waals surface area contributed by atoms with Crippen LogP contribution in [0.25, 0.3) is 5.52 Å². The predicted octanol–water partition coefficient (Wildman–Crippen LogP) is 1.74. The molecule has 1 amide bonds. The van der Waals surface area contributed by atoms with Gasteiger partial charge < -0.3 is 14.6 Å². The summed E-state index contributed by atoms with van der Waals surface area (Å²) < 4.78 is 1.91. The third kappa shape index (κ3) is 2.38. The normalized spacial score (nSPS) is 26.8. The van der Waals surface area contributed by atoms with E-state index >= 15 is 0 Å². The molecule has 2 aromatic heterocycles. The lowest BCUT2D eigenvalue weighted by Gasteiger charge is -2.30. The van der Waals surface area contributed by atoms with E-state index in [4.69, 9.17) is 6.42 Å². The Balaban J connectivity index is 1.51. The molecule has 0 aliphatic carbocycles. The fourth-order valence-electron chi connectivity index (χ4n) is 3.76. The molecule has 2 aromatic rings. The fraction of sp³-hybridized carbons (Fsp3) is 0.389. The highest BCUT2D eigenvalue weighted by molar-refractivity contribution is 5.94. The summed E-state index contributed by atoms with van der Waals surface area (Å²) in [4.78, 5) is 14.9. The van der Waals surface area contributed by atoms with Crippen molar-refractivity contribution < 1.29 is 4.79 Å². The van der Waals surface area contributed by atoms with Gasteiger partial charge in [-0.05, 0) is 43.5 Å². The van der Waals surface area contributed by atoms with Gasteiger partial charge in [-0.2, -0.15) is 0 Å². The molecule has 1 N–H and O–H groups in total. The van der Waals surface area contributed by atoms with Gasteiger partial charge in [0.2, 0.25) is 0 Å². The van der Waals surface area contributed by atoms with Gasteiger partial charge in [-0.3, -0.25) is 4.79 Å². The zero-order chi connectivity index (χ0) is 15.1. The van der Waals surface area contributed by atoms with Gasteiger partial charge >= 0.3 is 0 Å². The van der Waals surface area contributed by atoms with E-state index < -0.39 is 0 Å². The molecule has 22 heavy (non-hydrogen) atoms. The molecule has 3 atom stereocenters. The number of aromatic nitrogens is 1. The molecule has 0 saturated carbocycles. The maximum atomic E-state index is 12.5. The molecule has 2 bridgehead atoms. The lowest BCUT2D eigenvalue weighted by Crippen LogP contribution is -2.47. The van der Waals surface area contributed by atoms with Gasteiger partial charge in [0.15, 0.2) is 0 Å². The Morgan fingerprint density at radius 1 is 1.32 bits per heavy atom. The molecule has 0 radical (unpaired) electrons. The average Bonchev–Trinajstić information content (AvgIpc) is 3.09. The number of pyridine rings is 1. The third-order valence-corrected chi connectivity index (χ3v) is 4.82.